The zero-order valence-corrected chi connectivity index (χ0v) is 16.8. The lowest BCUT2D eigenvalue weighted by molar-refractivity contribution is -0.134. The summed E-state index contributed by atoms with van der Waals surface area (Å²) < 4.78 is 0. The molecule has 9 nitrogen and oxygen atoms in total. The molecule has 2 unspecified atom stereocenters. The number of hydrogen-bond donors (Lipinski definition) is 3. The zero-order chi connectivity index (χ0) is 22.0. The van der Waals surface area contributed by atoms with Gasteiger partial charge in [-0.15, -0.1) is 0 Å². The number of carbonyl (C=O) groups excluding carboxylic acids is 3. The first-order valence-corrected chi connectivity index (χ1v) is 10.3. The van der Waals surface area contributed by atoms with Crippen LogP contribution in [0.15, 0.2) is 48.9 Å². The zero-order valence-electron chi connectivity index (χ0n) is 16.8. The van der Waals surface area contributed by atoms with Crippen LogP contribution in [-0.4, -0.2) is 38.7 Å². The molecule has 3 amide bonds. The first-order valence-electron chi connectivity index (χ1n) is 10.3. The number of pyridine rings is 2. The molecule has 1 fully saturated rings. The Morgan fingerprint density at radius 3 is 2.78 bits per heavy atom. The molecule has 1 saturated heterocycles. The molecule has 32 heavy (non-hydrogen) atoms. The van der Waals surface area contributed by atoms with Gasteiger partial charge in [0, 0.05) is 46.1 Å². The normalized spacial score (nSPS) is 19.1. The van der Waals surface area contributed by atoms with Crippen molar-refractivity contribution in [2.75, 3.05) is 4.90 Å². The van der Waals surface area contributed by atoms with Gasteiger partial charge < -0.3 is 10.7 Å². The SMILES string of the molecule is NC(c1c[nH]c2ncccc12)c1ncc2c3c(cccc13)C(=O)N2C1CCC(=O)NC1=O. The highest BCUT2D eigenvalue weighted by atomic mass is 16.2. The summed E-state index contributed by atoms with van der Waals surface area (Å²) in [7, 11) is 0. The highest BCUT2D eigenvalue weighted by Gasteiger charge is 2.41. The lowest BCUT2D eigenvalue weighted by atomic mass is 9.97. The van der Waals surface area contributed by atoms with E-state index in [2.05, 4.69) is 20.3 Å². The van der Waals surface area contributed by atoms with E-state index >= 15 is 0 Å². The van der Waals surface area contributed by atoms with Gasteiger partial charge in [0.05, 0.1) is 23.6 Å². The third kappa shape index (κ3) is 2.51. The van der Waals surface area contributed by atoms with Crippen LogP contribution in [0.2, 0.25) is 0 Å². The van der Waals surface area contributed by atoms with Crippen LogP contribution >= 0.6 is 0 Å². The maximum atomic E-state index is 13.3. The quantitative estimate of drug-likeness (QED) is 0.429. The molecule has 4 aromatic rings. The number of imide groups is 1. The van der Waals surface area contributed by atoms with E-state index in [1.807, 2.05) is 24.4 Å². The molecule has 158 valence electrons. The summed E-state index contributed by atoms with van der Waals surface area (Å²) in [6, 6.07) is 7.92. The average molecular weight is 426 g/mol. The molecule has 2 aliphatic heterocycles. The third-order valence-electron chi connectivity index (χ3n) is 6.27. The van der Waals surface area contributed by atoms with E-state index in [0.29, 0.717) is 16.9 Å². The number of nitrogens with two attached hydrogens (primary N) is 1. The molecule has 0 aliphatic carbocycles. The van der Waals surface area contributed by atoms with Crippen LogP contribution in [0.4, 0.5) is 5.69 Å². The molecular formula is C23H18N6O3. The number of nitrogens with one attached hydrogen (secondary N) is 2. The average Bonchev–Trinajstić information content (AvgIpc) is 3.35. The van der Waals surface area contributed by atoms with Gasteiger partial charge in [-0.1, -0.05) is 12.1 Å². The van der Waals surface area contributed by atoms with Crippen molar-refractivity contribution in [3.63, 3.8) is 0 Å². The second kappa shape index (κ2) is 6.69. The molecule has 2 aliphatic rings. The number of aromatic amines is 1. The number of rotatable bonds is 3. The van der Waals surface area contributed by atoms with Crippen molar-refractivity contribution in [2.45, 2.75) is 24.9 Å². The summed E-state index contributed by atoms with van der Waals surface area (Å²) in [6.45, 7) is 0. The number of carbonyl (C=O) groups is 3. The molecule has 9 heteroatoms. The number of fused-ring (bicyclic) bond motifs is 1. The number of amides is 3. The second-order valence-electron chi connectivity index (χ2n) is 8.02. The van der Waals surface area contributed by atoms with Gasteiger partial charge in [0.15, 0.2) is 0 Å². The van der Waals surface area contributed by atoms with Crippen LogP contribution in [0.1, 0.15) is 40.5 Å². The molecule has 1 aromatic carbocycles. The van der Waals surface area contributed by atoms with E-state index in [1.165, 1.54) is 4.90 Å². The van der Waals surface area contributed by atoms with Crippen molar-refractivity contribution in [1.82, 2.24) is 20.3 Å². The van der Waals surface area contributed by atoms with Crippen LogP contribution in [0.5, 0.6) is 0 Å². The van der Waals surface area contributed by atoms with Crippen molar-refractivity contribution in [3.05, 3.63) is 65.7 Å². The Hall–Kier alpha value is -4.11. The fourth-order valence-corrected chi connectivity index (χ4v) is 4.77. The molecule has 0 radical (unpaired) electrons. The molecule has 0 saturated carbocycles. The molecule has 4 N–H and O–H groups in total. The van der Waals surface area contributed by atoms with Gasteiger partial charge in [0.1, 0.15) is 11.7 Å². The Morgan fingerprint density at radius 1 is 1.09 bits per heavy atom. The minimum atomic E-state index is -0.753. The number of piperidine rings is 1. The van der Waals surface area contributed by atoms with Crippen molar-refractivity contribution in [3.8, 4) is 0 Å². The summed E-state index contributed by atoms with van der Waals surface area (Å²) >= 11 is 0. The van der Waals surface area contributed by atoms with Crippen molar-refractivity contribution < 1.29 is 14.4 Å². The van der Waals surface area contributed by atoms with Gasteiger partial charge >= 0.3 is 0 Å². The van der Waals surface area contributed by atoms with Gasteiger partial charge in [-0.25, -0.2) is 4.98 Å². The molecular weight excluding hydrogens is 408 g/mol. The maximum Gasteiger partial charge on any atom is 0.259 e. The summed E-state index contributed by atoms with van der Waals surface area (Å²) in [5, 5.41) is 4.72. The molecule has 2 atom stereocenters. The van der Waals surface area contributed by atoms with Crippen LogP contribution in [0, 0.1) is 0 Å². The van der Waals surface area contributed by atoms with Crippen molar-refractivity contribution >= 4 is 45.2 Å². The van der Waals surface area contributed by atoms with E-state index in [1.54, 1.807) is 24.5 Å². The predicted octanol–water partition coefficient (Wildman–Crippen LogP) is 1.92. The van der Waals surface area contributed by atoms with E-state index in [9.17, 15) is 14.4 Å². The summed E-state index contributed by atoms with van der Waals surface area (Å²) in [6.07, 6.45) is 5.59. The van der Waals surface area contributed by atoms with Gasteiger partial charge in [-0.3, -0.25) is 29.6 Å². The van der Waals surface area contributed by atoms with Crippen molar-refractivity contribution in [2.24, 2.45) is 5.73 Å². The minimum absolute atomic E-state index is 0.185. The van der Waals surface area contributed by atoms with E-state index in [4.69, 9.17) is 5.73 Å². The van der Waals surface area contributed by atoms with E-state index in [-0.39, 0.29) is 24.7 Å². The molecule has 3 aromatic heterocycles. The van der Waals surface area contributed by atoms with Crippen molar-refractivity contribution in [1.29, 1.82) is 0 Å². The Kier molecular flexibility index (Phi) is 3.90. The first-order chi connectivity index (χ1) is 15.5. The van der Waals surface area contributed by atoms with Gasteiger partial charge in [-0.2, -0.15) is 0 Å². The Morgan fingerprint density at radius 2 is 1.94 bits per heavy atom. The molecule has 6 rings (SSSR count). The monoisotopic (exact) mass is 426 g/mol. The highest BCUT2D eigenvalue weighted by Crippen LogP contribution is 2.42. The topological polar surface area (TPSA) is 134 Å². The molecule has 5 heterocycles. The number of anilines is 1. The number of nitrogens with zero attached hydrogens (tertiary/aromatic N) is 3. The maximum absolute atomic E-state index is 13.3. The number of benzene rings is 1. The lowest BCUT2D eigenvalue weighted by Crippen LogP contribution is -2.53. The third-order valence-corrected chi connectivity index (χ3v) is 6.27. The second-order valence-corrected chi connectivity index (χ2v) is 8.02. The summed E-state index contributed by atoms with van der Waals surface area (Å²) in [4.78, 5) is 50.9. The smallest absolute Gasteiger partial charge is 0.259 e. The Bertz CT molecular complexity index is 1460. The first kappa shape index (κ1) is 18.6. The number of H-pyrrole nitrogens is 1. The standard InChI is InChI=1S/C23H18N6O3/c24-19(14-9-27-21-11(14)5-2-8-25-21)20-12-3-1-4-13-18(12)16(10-26-20)29(23(13)32)15-6-7-17(30)28-22(15)31/h1-5,8-10,15,19H,6-7,24H2,(H,25,27)(H,28,30,31). The largest absolute Gasteiger partial charge is 0.346 e. The lowest BCUT2D eigenvalue weighted by Gasteiger charge is -2.30. The molecule has 0 spiro atoms. The van der Waals surface area contributed by atoms with E-state index < -0.39 is 18.0 Å². The van der Waals surface area contributed by atoms with Crippen LogP contribution < -0.4 is 16.0 Å². The number of hydrogen-bond acceptors (Lipinski definition) is 6. The Balaban J connectivity index is 1.49. The predicted molar refractivity (Wildman–Crippen MR) is 117 cm³/mol. The summed E-state index contributed by atoms with van der Waals surface area (Å²) in [5.41, 5.74) is 9.94. The number of aromatic nitrogens is 3. The summed E-state index contributed by atoms with van der Waals surface area (Å²) in [5.74, 6) is -1.07. The van der Waals surface area contributed by atoms with Gasteiger partial charge in [-0.05, 0) is 24.6 Å². The molecule has 0 bridgehead atoms. The highest BCUT2D eigenvalue weighted by molar-refractivity contribution is 6.27. The van der Waals surface area contributed by atoms with Crippen LogP contribution in [-0.2, 0) is 9.59 Å². The van der Waals surface area contributed by atoms with Gasteiger partial charge in [0.25, 0.3) is 5.91 Å². The fraction of sp³-hybridized carbons (Fsp3) is 0.174. The van der Waals surface area contributed by atoms with Crippen LogP contribution in [0.3, 0.4) is 0 Å². The Labute approximate surface area is 181 Å². The minimum Gasteiger partial charge on any atom is -0.346 e. The van der Waals surface area contributed by atoms with Gasteiger partial charge in [0.2, 0.25) is 11.8 Å². The fourth-order valence-electron chi connectivity index (χ4n) is 4.77. The van der Waals surface area contributed by atoms with E-state index in [0.717, 1.165) is 27.4 Å². The van der Waals surface area contributed by atoms with Crippen LogP contribution in [0.25, 0.3) is 21.8 Å².